The maximum absolute atomic E-state index is 12.8. The fourth-order valence-electron chi connectivity index (χ4n) is 3.60. The second-order valence-electron chi connectivity index (χ2n) is 6.99. The Labute approximate surface area is 157 Å². The van der Waals surface area contributed by atoms with E-state index < -0.39 is 0 Å². The van der Waals surface area contributed by atoms with E-state index in [1.165, 1.54) is 0 Å². The number of rotatable bonds is 4. The summed E-state index contributed by atoms with van der Waals surface area (Å²) in [7, 11) is 1.98. The normalized spacial score (nSPS) is 17.3. The molecule has 1 aliphatic heterocycles. The van der Waals surface area contributed by atoms with Crippen LogP contribution in [-0.2, 0) is 13.6 Å². The number of likely N-dealkylation sites (tertiary alicyclic amines) is 1. The molecule has 0 radical (unpaired) electrons. The van der Waals surface area contributed by atoms with Crippen LogP contribution in [0.1, 0.15) is 46.6 Å². The van der Waals surface area contributed by atoms with Gasteiger partial charge in [-0.3, -0.25) is 9.48 Å². The summed E-state index contributed by atoms with van der Waals surface area (Å²) in [6.07, 6.45) is 5.60. The maximum atomic E-state index is 12.8. The van der Waals surface area contributed by atoms with Crippen LogP contribution in [0.2, 0.25) is 0 Å². The number of carbonyl (C=O) groups excluding carboxylic acids is 1. The predicted octanol–water partition coefficient (Wildman–Crippen LogP) is 1.78. The number of hydrogen-bond acceptors (Lipinski definition) is 5. The number of nitrogens with zero attached hydrogens (tertiary/aromatic N) is 7. The van der Waals surface area contributed by atoms with Crippen LogP contribution in [0, 0.1) is 6.92 Å². The van der Waals surface area contributed by atoms with Crippen molar-refractivity contribution in [3.05, 3.63) is 59.7 Å². The van der Waals surface area contributed by atoms with Crippen molar-refractivity contribution in [2.24, 2.45) is 7.05 Å². The molecule has 0 aromatic carbocycles. The number of aryl methyl sites for hydroxylation is 1. The lowest BCUT2D eigenvalue weighted by molar-refractivity contribution is 0.0697. The van der Waals surface area contributed by atoms with Crippen molar-refractivity contribution in [3.63, 3.8) is 0 Å². The Morgan fingerprint density at radius 1 is 1.26 bits per heavy atom. The summed E-state index contributed by atoms with van der Waals surface area (Å²) >= 11 is 0. The molecule has 1 atom stereocenters. The highest BCUT2D eigenvalue weighted by Crippen LogP contribution is 2.26. The third-order valence-electron chi connectivity index (χ3n) is 5.04. The molecule has 1 saturated heterocycles. The SMILES string of the molecule is Cc1cccc(C(=O)N2CCC[C@H](c3nnc(Cn4cccn4)n3C)C2)n1. The molecule has 0 unspecified atom stereocenters. The maximum Gasteiger partial charge on any atom is 0.272 e. The molecule has 3 aromatic heterocycles. The quantitative estimate of drug-likeness (QED) is 0.704. The van der Waals surface area contributed by atoms with Gasteiger partial charge < -0.3 is 9.47 Å². The van der Waals surface area contributed by atoms with Gasteiger partial charge >= 0.3 is 0 Å². The molecule has 3 aromatic rings. The first-order chi connectivity index (χ1) is 13.1. The van der Waals surface area contributed by atoms with Crippen LogP contribution in [0.15, 0.2) is 36.7 Å². The summed E-state index contributed by atoms with van der Waals surface area (Å²) in [5.74, 6) is 1.95. The Hall–Kier alpha value is -3.03. The first kappa shape index (κ1) is 17.4. The summed E-state index contributed by atoms with van der Waals surface area (Å²) in [5.41, 5.74) is 1.36. The molecule has 8 heteroatoms. The number of amides is 1. The third kappa shape index (κ3) is 3.60. The van der Waals surface area contributed by atoms with Crippen molar-refractivity contribution in [1.82, 2.24) is 34.4 Å². The van der Waals surface area contributed by atoms with Crippen LogP contribution in [-0.4, -0.2) is 53.4 Å². The van der Waals surface area contributed by atoms with E-state index in [0.29, 0.717) is 18.8 Å². The van der Waals surface area contributed by atoms with Crippen LogP contribution in [0.3, 0.4) is 0 Å². The van der Waals surface area contributed by atoms with Gasteiger partial charge in [0.15, 0.2) is 5.82 Å². The van der Waals surface area contributed by atoms with Gasteiger partial charge in [0.25, 0.3) is 5.91 Å². The second kappa shape index (κ2) is 7.30. The number of piperidine rings is 1. The van der Waals surface area contributed by atoms with Crippen LogP contribution < -0.4 is 0 Å². The van der Waals surface area contributed by atoms with Gasteiger partial charge in [0.05, 0.1) is 0 Å². The Morgan fingerprint density at radius 3 is 2.93 bits per heavy atom. The van der Waals surface area contributed by atoms with E-state index in [1.54, 1.807) is 12.3 Å². The van der Waals surface area contributed by atoms with Crippen molar-refractivity contribution in [2.45, 2.75) is 32.2 Å². The molecule has 1 aliphatic rings. The van der Waals surface area contributed by atoms with Gasteiger partial charge in [-0.15, -0.1) is 10.2 Å². The Balaban J connectivity index is 1.50. The van der Waals surface area contributed by atoms with Gasteiger partial charge in [-0.05, 0) is 38.0 Å². The molecule has 0 spiro atoms. The first-order valence-corrected chi connectivity index (χ1v) is 9.20. The molecule has 0 saturated carbocycles. The van der Waals surface area contributed by atoms with Gasteiger partial charge in [-0.1, -0.05) is 6.07 Å². The van der Waals surface area contributed by atoms with Gasteiger partial charge in [-0.2, -0.15) is 5.10 Å². The monoisotopic (exact) mass is 365 g/mol. The van der Waals surface area contributed by atoms with Gasteiger partial charge in [0, 0.05) is 44.1 Å². The summed E-state index contributed by atoms with van der Waals surface area (Å²) in [6.45, 7) is 3.88. The summed E-state index contributed by atoms with van der Waals surface area (Å²) in [5, 5.41) is 13.0. The standard InChI is InChI=1S/C19H23N7O/c1-14-6-3-8-16(21-14)19(27)25-10-4-7-15(12-25)18-23-22-17(24(18)2)13-26-11-5-9-20-26/h3,5-6,8-9,11,15H,4,7,10,12-13H2,1-2H3/t15-/m0/s1. The molecular formula is C19H23N7O. The zero-order chi connectivity index (χ0) is 18.8. The highest BCUT2D eigenvalue weighted by molar-refractivity contribution is 5.92. The lowest BCUT2D eigenvalue weighted by atomic mass is 9.97. The molecule has 0 N–H and O–H groups in total. The number of hydrogen-bond donors (Lipinski definition) is 0. The van der Waals surface area contributed by atoms with Crippen molar-refractivity contribution in [1.29, 1.82) is 0 Å². The molecule has 0 bridgehead atoms. The largest absolute Gasteiger partial charge is 0.337 e. The number of carbonyl (C=O) groups is 1. The topological polar surface area (TPSA) is 81.7 Å². The van der Waals surface area contributed by atoms with E-state index in [1.807, 2.05) is 52.5 Å². The van der Waals surface area contributed by atoms with E-state index in [0.717, 1.165) is 36.7 Å². The van der Waals surface area contributed by atoms with Crippen LogP contribution in [0.5, 0.6) is 0 Å². The van der Waals surface area contributed by atoms with Crippen molar-refractivity contribution in [3.8, 4) is 0 Å². The number of pyridine rings is 1. The summed E-state index contributed by atoms with van der Waals surface area (Å²) < 4.78 is 3.86. The third-order valence-corrected chi connectivity index (χ3v) is 5.04. The van der Waals surface area contributed by atoms with Crippen molar-refractivity contribution >= 4 is 5.91 Å². The molecule has 1 fully saturated rings. The minimum absolute atomic E-state index is 0.0117. The van der Waals surface area contributed by atoms with E-state index in [9.17, 15) is 4.79 Å². The van der Waals surface area contributed by atoms with E-state index in [4.69, 9.17) is 0 Å². The lowest BCUT2D eigenvalue weighted by Crippen LogP contribution is -2.40. The Bertz CT molecular complexity index is 931. The smallest absolute Gasteiger partial charge is 0.272 e. The van der Waals surface area contributed by atoms with Crippen molar-refractivity contribution in [2.75, 3.05) is 13.1 Å². The fraction of sp³-hybridized carbons (Fsp3) is 0.421. The Morgan fingerprint density at radius 2 is 2.15 bits per heavy atom. The summed E-state index contributed by atoms with van der Waals surface area (Å²) in [6, 6.07) is 7.45. The Kier molecular flexibility index (Phi) is 4.70. The minimum atomic E-state index is -0.0117. The molecule has 4 rings (SSSR count). The van der Waals surface area contributed by atoms with Gasteiger partial charge in [-0.25, -0.2) is 4.98 Å². The van der Waals surface area contributed by atoms with Crippen LogP contribution >= 0.6 is 0 Å². The molecule has 27 heavy (non-hydrogen) atoms. The minimum Gasteiger partial charge on any atom is -0.337 e. The van der Waals surface area contributed by atoms with Crippen LogP contribution in [0.4, 0.5) is 0 Å². The average Bonchev–Trinajstić information content (AvgIpc) is 3.32. The molecule has 140 valence electrons. The molecule has 1 amide bonds. The predicted molar refractivity (Wildman–Crippen MR) is 99.2 cm³/mol. The lowest BCUT2D eigenvalue weighted by Gasteiger charge is -2.32. The highest BCUT2D eigenvalue weighted by atomic mass is 16.2. The van der Waals surface area contributed by atoms with Gasteiger partial charge in [0.2, 0.25) is 0 Å². The van der Waals surface area contributed by atoms with Crippen molar-refractivity contribution < 1.29 is 4.79 Å². The fourth-order valence-corrected chi connectivity index (χ4v) is 3.60. The number of aromatic nitrogens is 6. The average molecular weight is 365 g/mol. The molecular weight excluding hydrogens is 342 g/mol. The van der Waals surface area contributed by atoms with Crippen LogP contribution in [0.25, 0.3) is 0 Å². The zero-order valence-corrected chi connectivity index (χ0v) is 15.6. The van der Waals surface area contributed by atoms with E-state index >= 15 is 0 Å². The van der Waals surface area contributed by atoms with E-state index in [2.05, 4.69) is 20.3 Å². The molecule has 4 heterocycles. The second-order valence-corrected chi connectivity index (χ2v) is 6.99. The van der Waals surface area contributed by atoms with E-state index in [-0.39, 0.29) is 11.8 Å². The van der Waals surface area contributed by atoms with Gasteiger partial charge in [0.1, 0.15) is 18.1 Å². The molecule has 8 nitrogen and oxygen atoms in total. The summed E-state index contributed by atoms with van der Waals surface area (Å²) in [4.78, 5) is 19.1. The first-order valence-electron chi connectivity index (χ1n) is 9.20. The highest BCUT2D eigenvalue weighted by Gasteiger charge is 2.29. The molecule has 0 aliphatic carbocycles. The zero-order valence-electron chi connectivity index (χ0n) is 15.6.